The van der Waals surface area contributed by atoms with E-state index in [4.69, 9.17) is 0 Å². The van der Waals surface area contributed by atoms with Crippen LogP contribution in [-0.4, -0.2) is 21.8 Å². The summed E-state index contributed by atoms with van der Waals surface area (Å²) >= 11 is 3.53. The van der Waals surface area contributed by atoms with E-state index in [2.05, 4.69) is 50.4 Å². The summed E-state index contributed by atoms with van der Waals surface area (Å²) in [7, 11) is 1.93. The topological polar surface area (TPSA) is 42.7 Å². The molecular weight excluding hydrogens is 292 g/mol. The second-order valence-electron chi connectivity index (χ2n) is 4.33. The molecule has 0 saturated carbocycles. The van der Waals surface area contributed by atoms with E-state index >= 15 is 0 Å². The van der Waals surface area contributed by atoms with Crippen LogP contribution in [0, 0.1) is 13.8 Å². The number of hydrogen-bond acceptors (Lipinski definition) is 3. The fourth-order valence-electron chi connectivity index (χ4n) is 1.84. The van der Waals surface area contributed by atoms with Crippen LogP contribution in [0.4, 0.5) is 0 Å². The molecule has 0 radical (unpaired) electrons. The lowest BCUT2D eigenvalue weighted by Gasteiger charge is -2.05. The van der Waals surface area contributed by atoms with Crippen LogP contribution in [0.5, 0.6) is 0 Å². The Morgan fingerprint density at radius 1 is 1.33 bits per heavy atom. The van der Waals surface area contributed by atoms with Crippen molar-refractivity contribution in [3.63, 3.8) is 0 Å². The Morgan fingerprint density at radius 2 is 2.11 bits per heavy atom. The molecule has 0 atom stereocenters. The van der Waals surface area contributed by atoms with Gasteiger partial charge in [0, 0.05) is 12.7 Å². The monoisotopic (exact) mass is 308 g/mol. The van der Waals surface area contributed by atoms with Gasteiger partial charge < -0.3 is 5.32 Å². The van der Waals surface area contributed by atoms with E-state index < -0.39 is 0 Å². The summed E-state index contributed by atoms with van der Waals surface area (Å²) in [5.41, 5.74) is 4.36. The molecule has 4 nitrogen and oxygen atoms in total. The van der Waals surface area contributed by atoms with Gasteiger partial charge in [-0.25, -0.2) is 0 Å². The van der Waals surface area contributed by atoms with E-state index in [1.54, 1.807) is 0 Å². The minimum atomic E-state index is 0.706. The van der Waals surface area contributed by atoms with E-state index in [0.29, 0.717) is 6.54 Å². The van der Waals surface area contributed by atoms with Gasteiger partial charge >= 0.3 is 0 Å². The molecule has 0 aliphatic carbocycles. The first-order chi connectivity index (χ1) is 8.61. The average molecular weight is 309 g/mol. The van der Waals surface area contributed by atoms with Crippen LogP contribution in [0.25, 0.3) is 0 Å². The van der Waals surface area contributed by atoms with E-state index in [9.17, 15) is 0 Å². The summed E-state index contributed by atoms with van der Waals surface area (Å²) in [5, 5.41) is 7.59. The SMILES string of the molecule is CNCc1ccc(Cn2nc(C)c(Br)c2C)nc1. The molecule has 2 heterocycles. The van der Waals surface area contributed by atoms with Crippen molar-refractivity contribution in [2.45, 2.75) is 26.9 Å². The first-order valence-corrected chi connectivity index (χ1v) is 6.69. The molecule has 18 heavy (non-hydrogen) atoms. The van der Waals surface area contributed by atoms with Gasteiger partial charge in [-0.15, -0.1) is 0 Å². The number of halogens is 1. The molecule has 0 bridgehead atoms. The van der Waals surface area contributed by atoms with E-state index in [-0.39, 0.29) is 0 Å². The van der Waals surface area contributed by atoms with Crippen molar-refractivity contribution >= 4 is 15.9 Å². The minimum absolute atomic E-state index is 0.706. The van der Waals surface area contributed by atoms with Gasteiger partial charge in [-0.2, -0.15) is 5.10 Å². The summed E-state index contributed by atoms with van der Waals surface area (Å²) in [4.78, 5) is 4.46. The normalized spacial score (nSPS) is 10.9. The molecule has 0 unspecified atom stereocenters. The van der Waals surface area contributed by atoms with E-state index in [1.165, 1.54) is 5.56 Å². The highest BCUT2D eigenvalue weighted by atomic mass is 79.9. The summed E-state index contributed by atoms with van der Waals surface area (Å²) < 4.78 is 3.05. The molecule has 96 valence electrons. The summed E-state index contributed by atoms with van der Waals surface area (Å²) in [6, 6.07) is 4.15. The van der Waals surface area contributed by atoms with Crippen molar-refractivity contribution in [1.82, 2.24) is 20.1 Å². The van der Waals surface area contributed by atoms with Crippen LogP contribution < -0.4 is 5.32 Å². The smallest absolute Gasteiger partial charge is 0.0834 e. The molecular formula is C13H17BrN4. The fraction of sp³-hybridized carbons (Fsp3) is 0.385. The molecule has 0 aliphatic heterocycles. The number of nitrogens with zero attached hydrogens (tertiary/aromatic N) is 3. The third kappa shape index (κ3) is 2.79. The third-order valence-electron chi connectivity index (χ3n) is 2.87. The number of nitrogens with one attached hydrogen (secondary N) is 1. The molecule has 0 spiro atoms. The summed E-state index contributed by atoms with van der Waals surface area (Å²) in [6.07, 6.45) is 1.91. The maximum absolute atomic E-state index is 4.48. The Kier molecular flexibility index (Phi) is 4.14. The molecule has 0 aliphatic rings. The van der Waals surface area contributed by atoms with Crippen molar-refractivity contribution in [1.29, 1.82) is 0 Å². The molecule has 2 aromatic rings. The zero-order valence-electron chi connectivity index (χ0n) is 10.9. The first-order valence-electron chi connectivity index (χ1n) is 5.89. The van der Waals surface area contributed by atoms with Gasteiger partial charge in [0.25, 0.3) is 0 Å². The lowest BCUT2D eigenvalue weighted by atomic mass is 10.2. The largest absolute Gasteiger partial charge is 0.316 e. The molecule has 2 rings (SSSR count). The Morgan fingerprint density at radius 3 is 2.61 bits per heavy atom. The quantitative estimate of drug-likeness (QED) is 0.943. The Hall–Kier alpha value is -1.20. The van der Waals surface area contributed by atoms with Gasteiger partial charge in [0.05, 0.1) is 28.1 Å². The van der Waals surface area contributed by atoms with Crippen LogP contribution in [0.3, 0.4) is 0 Å². The van der Waals surface area contributed by atoms with Gasteiger partial charge in [-0.3, -0.25) is 9.67 Å². The summed E-state index contributed by atoms with van der Waals surface area (Å²) in [6.45, 7) is 5.60. The van der Waals surface area contributed by atoms with Gasteiger partial charge in [0.15, 0.2) is 0 Å². The highest BCUT2D eigenvalue weighted by Crippen LogP contribution is 2.20. The standard InChI is InChI=1S/C13H17BrN4/c1-9-13(14)10(2)18(17-9)8-12-5-4-11(6-15-3)7-16-12/h4-5,7,15H,6,8H2,1-3H3. The van der Waals surface area contributed by atoms with Crippen molar-refractivity contribution < 1.29 is 0 Å². The lowest BCUT2D eigenvalue weighted by Crippen LogP contribution is -2.08. The predicted octanol–water partition coefficient (Wildman–Crippen LogP) is 2.43. The molecule has 0 saturated heterocycles. The third-order valence-corrected chi connectivity index (χ3v) is 4.02. The van der Waals surface area contributed by atoms with Crippen LogP contribution in [0.15, 0.2) is 22.8 Å². The van der Waals surface area contributed by atoms with E-state index in [1.807, 2.05) is 24.9 Å². The van der Waals surface area contributed by atoms with Gasteiger partial charge in [0.1, 0.15) is 0 Å². The van der Waals surface area contributed by atoms with Gasteiger partial charge in [0.2, 0.25) is 0 Å². The van der Waals surface area contributed by atoms with E-state index in [0.717, 1.165) is 28.1 Å². The maximum Gasteiger partial charge on any atom is 0.0834 e. The highest BCUT2D eigenvalue weighted by Gasteiger charge is 2.09. The lowest BCUT2D eigenvalue weighted by molar-refractivity contribution is 0.645. The molecule has 5 heteroatoms. The number of hydrogen-bond donors (Lipinski definition) is 1. The summed E-state index contributed by atoms with van der Waals surface area (Å²) in [5.74, 6) is 0. The Bertz CT molecular complexity index is 531. The van der Waals surface area contributed by atoms with Gasteiger partial charge in [-0.1, -0.05) is 6.07 Å². The maximum atomic E-state index is 4.48. The number of rotatable bonds is 4. The van der Waals surface area contributed by atoms with Crippen LogP contribution in [-0.2, 0) is 13.1 Å². The van der Waals surface area contributed by atoms with Crippen molar-refractivity contribution in [2.75, 3.05) is 7.05 Å². The highest BCUT2D eigenvalue weighted by molar-refractivity contribution is 9.10. The predicted molar refractivity (Wildman–Crippen MR) is 75.5 cm³/mol. The number of aryl methyl sites for hydroxylation is 1. The number of aromatic nitrogens is 3. The molecule has 0 aromatic carbocycles. The average Bonchev–Trinajstić information content (AvgIpc) is 2.60. The van der Waals surface area contributed by atoms with Gasteiger partial charge in [-0.05, 0) is 48.5 Å². The fourth-order valence-corrected chi connectivity index (χ4v) is 2.12. The molecule has 2 aromatic heterocycles. The zero-order valence-corrected chi connectivity index (χ0v) is 12.5. The minimum Gasteiger partial charge on any atom is -0.316 e. The molecule has 0 amide bonds. The second kappa shape index (κ2) is 5.63. The molecule has 0 fully saturated rings. The van der Waals surface area contributed by atoms with Crippen molar-refractivity contribution in [2.24, 2.45) is 0 Å². The number of pyridine rings is 1. The van der Waals surface area contributed by atoms with Crippen molar-refractivity contribution in [3.05, 3.63) is 45.4 Å². The second-order valence-corrected chi connectivity index (χ2v) is 5.12. The van der Waals surface area contributed by atoms with Crippen LogP contribution >= 0.6 is 15.9 Å². The Labute approximate surface area is 116 Å². The van der Waals surface area contributed by atoms with Crippen molar-refractivity contribution in [3.8, 4) is 0 Å². The van der Waals surface area contributed by atoms with Crippen LogP contribution in [0.2, 0.25) is 0 Å². The first kappa shape index (κ1) is 13.2. The molecule has 1 N–H and O–H groups in total. The van der Waals surface area contributed by atoms with Crippen LogP contribution in [0.1, 0.15) is 22.6 Å². The zero-order chi connectivity index (χ0) is 13.1. The Balaban J connectivity index is 2.15.